The van der Waals surface area contributed by atoms with Gasteiger partial charge < -0.3 is 10.1 Å². The van der Waals surface area contributed by atoms with E-state index in [1.54, 1.807) is 0 Å². The molecule has 1 heterocycles. The fraction of sp³-hybridized carbons (Fsp3) is 0.353. The number of aryl methyl sites for hydroxylation is 1. The van der Waals surface area contributed by atoms with Crippen LogP contribution in [0.15, 0.2) is 42.6 Å². The number of pyridine rings is 1. The normalized spacial score (nSPS) is 11.4. The third kappa shape index (κ3) is 4.67. The van der Waals surface area contributed by atoms with Crippen molar-refractivity contribution in [3.63, 3.8) is 0 Å². The standard InChI is InChI=1S/C17H22N2O/c1-13-5-8-15(9-6-13)20-16-10-7-14(11-18-16)12-19-17(2,3)4/h5-11,19H,12H2,1-4H3. The molecule has 0 saturated carbocycles. The molecule has 106 valence electrons. The van der Waals surface area contributed by atoms with Gasteiger partial charge in [0.05, 0.1) is 0 Å². The molecule has 0 spiro atoms. The minimum absolute atomic E-state index is 0.108. The van der Waals surface area contributed by atoms with Crippen molar-refractivity contribution >= 4 is 0 Å². The Labute approximate surface area is 121 Å². The highest BCUT2D eigenvalue weighted by molar-refractivity contribution is 5.30. The smallest absolute Gasteiger partial charge is 0.219 e. The van der Waals surface area contributed by atoms with Crippen molar-refractivity contribution in [1.82, 2.24) is 10.3 Å². The largest absolute Gasteiger partial charge is 0.439 e. The molecule has 1 aromatic heterocycles. The van der Waals surface area contributed by atoms with E-state index < -0.39 is 0 Å². The van der Waals surface area contributed by atoms with Crippen LogP contribution in [0.5, 0.6) is 11.6 Å². The Morgan fingerprint density at radius 3 is 2.30 bits per heavy atom. The monoisotopic (exact) mass is 270 g/mol. The number of nitrogens with zero attached hydrogens (tertiary/aromatic N) is 1. The number of aromatic nitrogens is 1. The van der Waals surface area contributed by atoms with Crippen molar-refractivity contribution in [2.24, 2.45) is 0 Å². The molecule has 0 amide bonds. The lowest BCUT2D eigenvalue weighted by Gasteiger charge is -2.20. The number of nitrogens with one attached hydrogen (secondary N) is 1. The molecule has 0 fully saturated rings. The fourth-order valence-electron chi connectivity index (χ4n) is 1.67. The number of hydrogen-bond donors (Lipinski definition) is 1. The van der Waals surface area contributed by atoms with Crippen LogP contribution >= 0.6 is 0 Å². The van der Waals surface area contributed by atoms with Crippen molar-refractivity contribution in [1.29, 1.82) is 0 Å². The van der Waals surface area contributed by atoms with Gasteiger partial charge in [0.2, 0.25) is 5.88 Å². The zero-order chi connectivity index (χ0) is 14.6. The Kier molecular flexibility index (Phi) is 4.40. The zero-order valence-corrected chi connectivity index (χ0v) is 12.6. The molecule has 3 heteroatoms. The summed E-state index contributed by atoms with van der Waals surface area (Å²) in [7, 11) is 0. The van der Waals surface area contributed by atoms with Crippen LogP contribution in [-0.4, -0.2) is 10.5 Å². The lowest BCUT2D eigenvalue weighted by molar-refractivity contribution is 0.423. The molecule has 2 rings (SSSR count). The Bertz CT molecular complexity index is 539. The molecular formula is C17H22N2O. The topological polar surface area (TPSA) is 34.1 Å². The van der Waals surface area contributed by atoms with Crippen molar-refractivity contribution in [3.8, 4) is 11.6 Å². The van der Waals surface area contributed by atoms with E-state index in [1.165, 1.54) is 5.56 Å². The summed E-state index contributed by atoms with van der Waals surface area (Å²) in [6.45, 7) is 9.31. The second-order valence-corrected chi connectivity index (χ2v) is 6.02. The number of ether oxygens (including phenoxy) is 1. The van der Waals surface area contributed by atoms with Crippen molar-refractivity contribution in [2.45, 2.75) is 39.8 Å². The molecule has 0 unspecified atom stereocenters. The maximum Gasteiger partial charge on any atom is 0.219 e. The SMILES string of the molecule is Cc1ccc(Oc2ccc(CNC(C)(C)C)cn2)cc1. The molecule has 0 saturated heterocycles. The van der Waals surface area contributed by atoms with Gasteiger partial charge in [-0.25, -0.2) is 4.98 Å². The molecule has 2 aromatic rings. The molecule has 0 atom stereocenters. The van der Waals surface area contributed by atoms with Crippen molar-refractivity contribution in [3.05, 3.63) is 53.7 Å². The van der Waals surface area contributed by atoms with Gasteiger partial charge in [-0.3, -0.25) is 0 Å². The van der Waals surface area contributed by atoms with Crippen LogP contribution in [0.4, 0.5) is 0 Å². The summed E-state index contributed by atoms with van der Waals surface area (Å²) in [6, 6.07) is 11.9. The molecule has 0 radical (unpaired) electrons. The average molecular weight is 270 g/mol. The molecule has 1 aromatic carbocycles. The van der Waals surface area contributed by atoms with E-state index in [2.05, 4.69) is 38.0 Å². The summed E-state index contributed by atoms with van der Waals surface area (Å²) >= 11 is 0. The number of benzene rings is 1. The first-order valence-electron chi connectivity index (χ1n) is 6.87. The Hall–Kier alpha value is -1.87. The summed E-state index contributed by atoms with van der Waals surface area (Å²) in [6.07, 6.45) is 1.85. The van der Waals surface area contributed by atoms with Gasteiger partial charge in [-0.05, 0) is 45.4 Å². The molecule has 3 nitrogen and oxygen atoms in total. The van der Waals surface area contributed by atoms with Crippen LogP contribution in [0.1, 0.15) is 31.9 Å². The molecule has 1 N–H and O–H groups in total. The molecule has 0 aliphatic carbocycles. The average Bonchev–Trinajstić information content (AvgIpc) is 2.40. The highest BCUT2D eigenvalue weighted by atomic mass is 16.5. The van der Waals surface area contributed by atoms with E-state index in [-0.39, 0.29) is 5.54 Å². The van der Waals surface area contributed by atoms with Crippen LogP contribution in [0.3, 0.4) is 0 Å². The third-order valence-electron chi connectivity index (χ3n) is 2.86. The summed E-state index contributed by atoms with van der Waals surface area (Å²) in [5, 5.41) is 3.43. The van der Waals surface area contributed by atoms with E-state index in [0.717, 1.165) is 17.9 Å². The minimum Gasteiger partial charge on any atom is -0.439 e. The summed E-state index contributed by atoms with van der Waals surface area (Å²) < 4.78 is 5.70. The maximum absolute atomic E-state index is 5.70. The second-order valence-electron chi connectivity index (χ2n) is 6.02. The lowest BCUT2D eigenvalue weighted by Crippen LogP contribution is -2.35. The maximum atomic E-state index is 5.70. The molecule has 0 bridgehead atoms. The van der Waals surface area contributed by atoms with Gasteiger partial charge in [0, 0.05) is 24.3 Å². The fourth-order valence-corrected chi connectivity index (χ4v) is 1.67. The quantitative estimate of drug-likeness (QED) is 0.909. The number of rotatable bonds is 4. The summed E-state index contributed by atoms with van der Waals surface area (Å²) in [4.78, 5) is 4.33. The highest BCUT2D eigenvalue weighted by Gasteiger charge is 2.08. The summed E-state index contributed by atoms with van der Waals surface area (Å²) in [5.41, 5.74) is 2.47. The van der Waals surface area contributed by atoms with Crippen molar-refractivity contribution < 1.29 is 4.74 Å². The van der Waals surface area contributed by atoms with Gasteiger partial charge in [0.25, 0.3) is 0 Å². The van der Waals surface area contributed by atoms with E-state index in [1.807, 2.05) is 42.6 Å². The molecule has 0 aliphatic rings. The molecule has 0 aliphatic heterocycles. The van der Waals surface area contributed by atoms with Gasteiger partial charge in [-0.1, -0.05) is 23.8 Å². The first-order valence-corrected chi connectivity index (χ1v) is 6.87. The first-order chi connectivity index (χ1) is 9.42. The van der Waals surface area contributed by atoms with Gasteiger partial charge in [0.15, 0.2) is 0 Å². The zero-order valence-electron chi connectivity index (χ0n) is 12.6. The predicted octanol–water partition coefficient (Wildman–Crippen LogP) is 4.07. The van der Waals surface area contributed by atoms with Crippen LogP contribution in [0.25, 0.3) is 0 Å². The third-order valence-corrected chi connectivity index (χ3v) is 2.86. The van der Waals surface area contributed by atoms with Crippen LogP contribution in [0, 0.1) is 6.92 Å². The Morgan fingerprint density at radius 2 is 1.75 bits per heavy atom. The molecule has 20 heavy (non-hydrogen) atoms. The first kappa shape index (κ1) is 14.5. The number of hydrogen-bond acceptors (Lipinski definition) is 3. The van der Waals surface area contributed by atoms with Crippen LogP contribution < -0.4 is 10.1 Å². The predicted molar refractivity (Wildman–Crippen MR) is 82.1 cm³/mol. The van der Waals surface area contributed by atoms with E-state index in [4.69, 9.17) is 4.74 Å². The van der Waals surface area contributed by atoms with Crippen LogP contribution in [0.2, 0.25) is 0 Å². The highest BCUT2D eigenvalue weighted by Crippen LogP contribution is 2.19. The van der Waals surface area contributed by atoms with Crippen LogP contribution in [-0.2, 0) is 6.54 Å². The lowest BCUT2D eigenvalue weighted by atomic mass is 10.1. The van der Waals surface area contributed by atoms with Gasteiger partial charge in [-0.15, -0.1) is 0 Å². The minimum atomic E-state index is 0.108. The van der Waals surface area contributed by atoms with Gasteiger partial charge in [0.1, 0.15) is 5.75 Å². The van der Waals surface area contributed by atoms with E-state index >= 15 is 0 Å². The Morgan fingerprint density at radius 1 is 1.05 bits per heavy atom. The molecular weight excluding hydrogens is 248 g/mol. The van der Waals surface area contributed by atoms with E-state index in [0.29, 0.717) is 5.88 Å². The van der Waals surface area contributed by atoms with Crippen molar-refractivity contribution in [2.75, 3.05) is 0 Å². The Balaban J connectivity index is 1.96. The summed E-state index contributed by atoms with van der Waals surface area (Å²) in [5.74, 6) is 1.43. The van der Waals surface area contributed by atoms with Gasteiger partial charge >= 0.3 is 0 Å². The second kappa shape index (κ2) is 6.06. The van der Waals surface area contributed by atoms with Gasteiger partial charge in [-0.2, -0.15) is 0 Å². The van der Waals surface area contributed by atoms with E-state index in [9.17, 15) is 0 Å².